The Morgan fingerprint density at radius 3 is 2.82 bits per heavy atom. The van der Waals surface area contributed by atoms with E-state index < -0.39 is 0 Å². The Morgan fingerprint density at radius 2 is 2.18 bits per heavy atom. The predicted molar refractivity (Wildman–Crippen MR) is 105 cm³/mol. The molecule has 1 amide bonds. The monoisotopic (exact) mass is 385 g/mol. The molecule has 2 aromatic rings. The maximum atomic E-state index is 12.1. The summed E-state index contributed by atoms with van der Waals surface area (Å²) in [6.07, 6.45) is 2.52. The predicted octanol–water partition coefficient (Wildman–Crippen LogP) is 2.75. The first kappa shape index (κ1) is 19.0. The van der Waals surface area contributed by atoms with Gasteiger partial charge in [0, 0.05) is 36.8 Å². The highest BCUT2D eigenvalue weighted by Crippen LogP contribution is 2.37. The number of nitrogens with zero attached hydrogens (tertiary/aromatic N) is 2. The lowest BCUT2D eigenvalue weighted by atomic mass is 10.0. The molecule has 0 radical (unpaired) electrons. The van der Waals surface area contributed by atoms with Gasteiger partial charge in [-0.2, -0.15) is 0 Å². The number of nitrogens with one attached hydrogen (secondary N) is 1. The SMILES string of the molecule is Cc1noc(C)c1-c1cc(NC(=O)C2CC2)ccc1OCCN1CC[C@@H](O)C1. The van der Waals surface area contributed by atoms with Crippen molar-refractivity contribution in [3.8, 4) is 16.9 Å². The van der Waals surface area contributed by atoms with Crippen molar-refractivity contribution in [2.45, 2.75) is 39.2 Å². The van der Waals surface area contributed by atoms with E-state index in [1.165, 1.54) is 0 Å². The third-order valence-corrected chi connectivity index (χ3v) is 5.41. The van der Waals surface area contributed by atoms with Crippen LogP contribution in [0.1, 0.15) is 30.7 Å². The number of aliphatic hydroxyl groups is 1. The highest BCUT2D eigenvalue weighted by Gasteiger charge is 2.30. The van der Waals surface area contributed by atoms with Gasteiger partial charge in [-0.15, -0.1) is 0 Å². The topological polar surface area (TPSA) is 87.8 Å². The highest BCUT2D eigenvalue weighted by atomic mass is 16.5. The molecule has 2 fully saturated rings. The van der Waals surface area contributed by atoms with E-state index in [1.807, 2.05) is 32.0 Å². The van der Waals surface area contributed by atoms with Crippen LogP contribution in [0.2, 0.25) is 0 Å². The molecule has 7 nitrogen and oxygen atoms in total. The number of β-amino-alcohol motifs (C(OH)–C–C–N with tert-alkyl or cyclic N) is 1. The van der Waals surface area contributed by atoms with E-state index >= 15 is 0 Å². The summed E-state index contributed by atoms with van der Waals surface area (Å²) in [7, 11) is 0. The van der Waals surface area contributed by atoms with E-state index in [-0.39, 0.29) is 17.9 Å². The zero-order chi connectivity index (χ0) is 19.7. The van der Waals surface area contributed by atoms with Gasteiger partial charge in [0.25, 0.3) is 0 Å². The number of hydrogen-bond acceptors (Lipinski definition) is 6. The first-order valence-corrected chi connectivity index (χ1v) is 9.92. The molecule has 2 aliphatic rings. The zero-order valence-corrected chi connectivity index (χ0v) is 16.4. The van der Waals surface area contributed by atoms with Crippen molar-refractivity contribution in [3.63, 3.8) is 0 Å². The largest absolute Gasteiger partial charge is 0.492 e. The number of anilines is 1. The molecule has 150 valence electrons. The van der Waals surface area contributed by atoms with E-state index in [9.17, 15) is 9.90 Å². The van der Waals surface area contributed by atoms with Crippen molar-refractivity contribution in [1.82, 2.24) is 10.1 Å². The quantitative estimate of drug-likeness (QED) is 0.762. The Kier molecular flexibility index (Phi) is 5.37. The van der Waals surface area contributed by atoms with Crippen LogP contribution in [0.25, 0.3) is 11.1 Å². The molecule has 2 N–H and O–H groups in total. The van der Waals surface area contributed by atoms with Crippen molar-refractivity contribution in [1.29, 1.82) is 0 Å². The van der Waals surface area contributed by atoms with Gasteiger partial charge in [0.05, 0.1) is 17.4 Å². The number of likely N-dealkylation sites (tertiary alicyclic amines) is 1. The van der Waals surface area contributed by atoms with Crippen LogP contribution in [0.15, 0.2) is 22.7 Å². The average molecular weight is 385 g/mol. The molecule has 1 aliphatic heterocycles. The number of aryl methyl sites for hydroxylation is 2. The van der Waals surface area contributed by atoms with E-state index in [4.69, 9.17) is 9.26 Å². The van der Waals surface area contributed by atoms with Gasteiger partial charge < -0.3 is 19.7 Å². The molecule has 1 saturated carbocycles. The van der Waals surface area contributed by atoms with Gasteiger partial charge in [0.1, 0.15) is 18.1 Å². The molecule has 7 heteroatoms. The van der Waals surface area contributed by atoms with Crippen LogP contribution >= 0.6 is 0 Å². The number of amides is 1. The Balaban J connectivity index is 1.53. The first-order chi connectivity index (χ1) is 13.5. The van der Waals surface area contributed by atoms with Gasteiger partial charge in [-0.3, -0.25) is 9.69 Å². The fourth-order valence-electron chi connectivity index (χ4n) is 3.69. The van der Waals surface area contributed by atoms with Crippen molar-refractivity contribution in [2.75, 3.05) is 31.6 Å². The second-order valence-electron chi connectivity index (χ2n) is 7.77. The number of hydrogen-bond donors (Lipinski definition) is 2. The molecule has 28 heavy (non-hydrogen) atoms. The number of carbonyl (C=O) groups excluding carboxylic acids is 1. The maximum Gasteiger partial charge on any atom is 0.227 e. The Bertz CT molecular complexity index is 840. The third-order valence-electron chi connectivity index (χ3n) is 5.41. The minimum absolute atomic E-state index is 0.0750. The van der Waals surface area contributed by atoms with Crippen molar-refractivity contribution >= 4 is 11.6 Å². The zero-order valence-electron chi connectivity index (χ0n) is 16.4. The van der Waals surface area contributed by atoms with Crippen molar-refractivity contribution in [2.24, 2.45) is 5.92 Å². The van der Waals surface area contributed by atoms with Gasteiger partial charge in [-0.05, 0) is 51.3 Å². The van der Waals surface area contributed by atoms with E-state index in [1.54, 1.807) is 0 Å². The maximum absolute atomic E-state index is 12.1. The standard InChI is InChI=1S/C21H27N3O4/c1-13-20(14(2)28-23-13)18-11-16(22-21(26)15-3-4-15)5-6-19(18)27-10-9-24-8-7-17(25)12-24/h5-6,11,15,17,25H,3-4,7-10,12H2,1-2H3,(H,22,26)/t17-/m1/s1. The normalized spacial score (nSPS) is 19.8. The Morgan fingerprint density at radius 1 is 1.36 bits per heavy atom. The van der Waals surface area contributed by atoms with Crippen LogP contribution in [0.4, 0.5) is 5.69 Å². The summed E-state index contributed by atoms with van der Waals surface area (Å²) in [6, 6.07) is 5.70. The second-order valence-corrected chi connectivity index (χ2v) is 7.77. The van der Waals surface area contributed by atoms with Crippen LogP contribution in [0, 0.1) is 19.8 Å². The Labute approximate surface area is 164 Å². The molecule has 0 unspecified atom stereocenters. The van der Waals surface area contributed by atoms with Gasteiger partial charge in [0.2, 0.25) is 5.91 Å². The molecule has 0 bridgehead atoms. The second kappa shape index (κ2) is 7.93. The van der Waals surface area contributed by atoms with E-state index in [0.29, 0.717) is 13.2 Å². The minimum atomic E-state index is -0.229. The molecular weight excluding hydrogens is 358 g/mol. The van der Waals surface area contributed by atoms with E-state index in [0.717, 1.165) is 66.4 Å². The number of benzene rings is 1. The van der Waals surface area contributed by atoms with Crippen molar-refractivity contribution in [3.05, 3.63) is 29.7 Å². The number of ether oxygens (including phenoxy) is 1. The summed E-state index contributed by atoms with van der Waals surface area (Å²) >= 11 is 0. The summed E-state index contributed by atoms with van der Waals surface area (Å²) in [5.74, 6) is 1.68. The van der Waals surface area contributed by atoms with Gasteiger partial charge in [-0.25, -0.2) is 0 Å². The summed E-state index contributed by atoms with van der Waals surface area (Å²) < 4.78 is 11.4. The third kappa shape index (κ3) is 4.20. The molecule has 2 heterocycles. The van der Waals surface area contributed by atoms with E-state index in [2.05, 4.69) is 15.4 Å². The summed E-state index contributed by atoms with van der Waals surface area (Å²) in [6.45, 7) is 6.66. The summed E-state index contributed by atoms with van der Waals surface area (Å²) in [4.78, 5) is 14.3. The molecule has 0 spiro atoms. The minimum Gasteiger partial charge on any atom is -0.492 e. The summed E-state index contributed by atoms with van der Waals surface area (Å²) in [5, 5.41) is 16.7. The lowest BCUT2D eigenvalue weighted by Gasteiger charge is -2.17. The number of rotatable bonds is 7. The molecule has 1 aromatic carbocycles. The lowest BCUT2D eigenvalue weighted by Crippen LogP contribution is -2.27. The summed E-state index contributed by atoms with van der Waals surface area (Å²) in [5.41, 5.74) is 3.30. The molecule has 1 aromatic heterocycles. The van der Waals surface area contributed by atoms with Crippen LogP contribution in [-0.4, -0.2) is 53.4 Å². The molecule has 4 rings (SSSR count). The van der Waals surface area contributed by atoms with Crippen LogP contribution in [0.5, 0.6) is 5.75 Å². The number of carbonyl (C=O) groups is 1. The molecular formula is C21H27N3O4. The smallest absolute Gasteiger partial charge is 0.227 e. The lowest BCUT2D eigenvalue weighted by molar-refractivity contribution is -0.117. The van der Waals surface area contributed by atoms with Gasteiger partial charge in [-0.1, -0.05) is 5.16 Å². The van der Waals surface area contributed by atoms with Crippen molar-refractivity contribution < 1.29 is 19.2 Å². The Hall–Kier alpha value is -2.38. The van der Waals surface area contributed by atoms with Crippen LogP contribution < -0.4 is 10.1 Å². The van der Waals surface area contributed by atoms with Gasteiger partial charge in [0.15, 0.2) is 0 Å². The van der Waals surface area contributed by atoms with Crippen LogP contribution in [0.3, 0.4) is 0 Å². The van der Waals surface area contributed by atoms with Gasteiger partial charge >= 0.3 is 0 Å². The first-order valence-electron chi connectivity index (χ1n) is 9.92. The fraction of sp³-hybridized carbons (Fsp3) is 0.524. The number of aliphatic hydroxyl groups excluding tert-OH is 1. The molecule has 1 aliphatic carbocycles. The molecule has 1 atom stereocenters. The number of aromatic nitrogens is 1. The van der Waals surface area contributed by atoms with Crippen LogP contribution in [-0.2, 0) is 4.79 Å². The average Bonchev–Trinajstić information content (AvgIpc) is 3.36. The molecule has 1 saturated heterocycles. The fourth-order valence-corrected chi connectivity index (χ4v) is 3.69. The highest BCUT2D eigenvalue weighted by molar-refractivity contribution is 5.95.